The minimum Gasteiger partial charge on any atom is -0.491 e. The molecule has 4 aliphatic rings. The Hall–Kier alpha value is -1.68. The Kier molecular flexibility index (Phi) is 6.41. The van der Waals surface area contributed by atoms with Gasteiger partial charge in [-0.15, -0.1) is 0 Å². The molecule has 1 aromatic heterocycles. The minimum atomic E-state index is -1.66. The molecule has 8 nitrogen and oxygen atoms in total. The van der Waals surface area contributed by atoms with Crippen LogP contribution in [0.1, 0.15) is 43.4 Å². The van der Waals surface area contributed by atoms with Gasteiger partial charge in [0, 0.05) is 41.6 Å². The molecule has 6 rings (SSSR count). The van der Waals surface area contributed by atoms with Crippen molar-refractivity contribution in [2.45, 2.75) is 69.0 Å². The second kappa shape index (κ2) is 9.17. The first-order valence-corrected chi connectivity index (χ1v) is 12.3. The Morgan fingerprint density at radius 2 is 1.91 bits per heavy atom. The van der Waals surface area contributed by atoms with Crippen molar-refractivity contribution < 1.29 is 30.3 Å². The molecule has 182 valence electrons. The van der Waals surface area contributed by atoms with Crippen molar-refractivity contribution in [2.75, 3.05) is 26.3 Å². The SMILES string of the molecule is CC[C@H]1C[C@H]2C[C@H]3c4[nH]c5ccc(OC[C@H](O)[C@@H](O)[C@H](O)[C@H](O)CO)cc5c4CCN(C2)C13. The van der Waals surface area contributed by atoms with Crippen LogP contribution in [0.2, 0.25) is 0 Å². The monoisotopic (exact) mass is 460 g/mol. The van der Waals surface area contributed by atoms with E-state index < -0.39 is 31.0 Å². The maximum atomic E-state index is 10.2. The van der Waals surface area contributed by atoms with Gasteiger partial charge in [-0.25, -0.2) is 0 Å². The number of fused-ring (bicyclic) bond motifs is 4. The summed E-state index contributed by atoms with van der Waals surface area (Å²) in [5, 5.41) is 49.5. The number of hydrogen-bond donors (Lipinski definition) is 6. The van der Waals surface area contributed by atoms with Crippen LogP contribution in [0.4, 0.5) is 0 Å². The van der Waals surface area contributed by atoms with Crippen molar-refractivity contribution in [2.24, 2.45) is 11.8 Å². The van der Waals surface area contributed by atoms with E-state index in [9.17, 15) is 20.4 Å². The summed E-state index contributed by atoms with van der Waals surface area (Å²) >= 11 is 0. The highest BCUT2D eigenvalue weighted by Gasteiger charge is 2.48. The van der Waals surface area contributed by atoms with E-state index >= 15 is 0 Å². The number of aliphatic hydroxyl groups is 5. The Labute approximate surface area is 193 Å². The highest BCUT2D eigenvalue weighted by molar-refractivity contribution is 5.86. The minimum absolute atomic E-state index is 0.243. The zero-order valence-corrected chi connectivity index (χ0v) is 19.1. The second-order valence-electron chi connectivity index (χ2n) is 10.2. The summed E-state index contributed by atoms with van der Waals surface area (Å²) in [6, 6.07) is 6.46. The summed E-state index contributed by atoms with van der Waals surface area (Å²) in [6.45, 7) is 3.68. The average Bonchev–Trinajstić information content (AvgIpc) is 3.16. The van der Waals surface area contributed by atoms with Crippen LogP contribution in [0, 0.1) is 11.8 Å². The van der Waals surface area contributed by atoms with Gasteiger partial charge < -0.3 is 35.3 Å². The summed E-state index contributed by atoms with van der Waals surface area (Å²) in [5.74, 6) is 2.68. The molecular formula is C25H36N2O6. The molecule has 1 saturated carbocycles. The first-order chi connectivity index (χ1) is 15.9. The van der Waals surface area contributed by atoms with Gasteiger partial charge in [0.25, 0.3) is 0 Å². The fourth-order valence-electron chi connectivity index (χ4n) is 6.61. The number of hydrogen-bond acceptors (Lipinski definition) is 7. The smallest absolute Gasteiger partial charge is 0.120 e. The molecule has 8 heteroatoms. The normalized spacial score (nSPS) is 32.1. The van der Waals surface area contributed by atoms with Crippen LogP contribution in [-0.2, 0) is 6.42 Å². The first kappa shape index (κ1) is 23.1. The lowest BCUT2D eigenvalue weighted by molar-refractivity contribution is -0.121. The van der Waals surface area contributed by atoms with Gasteiger partial charge in [0.05, 0.1) is 6.61 Å². The number of aromatic nitrogens is 1. The number of ether oxygens (including phenoxy) is 1. The van der Waals surface area contributed by atoms with Gasteiger partial charge in [-0.2, -0.15) is 0 Å². The molecular weight excluding hydrogens is 424 g/mol. The molecule has 1 aliphatic carbocycles. The Morgan fingerprint density at radius 3 is 2.67 bits per heavy atom. The molecule has 2 aromatic rings. The van der Waals surface area contributed by atoms with Crippen molar-refractivity contribution in [1.82, 2.24) is 9.88 Å². The molecule has 6 N–H and O–H groups in total. The number of piperidine rings is 2. The summed E-state index contributed by atoms with van der Waals surface area (Å²) in [6.07, 6.45) is -1.37. The summed E-state index contributed by atoms with van der Waals surface area (Å²) in [5.41, 5.74) is 3.85. The van der Waals surface area contributed by atoms with Crippen LogP contribution in [0.5, 0.6) is 5.75 Å². The van der Waals surface area contributed by atoms with E-state index in [1.165, 1.54) is 37.1 Å². The van der Waals surface area contributed by atoms with Gasteiger partial charge in [-0.1, -0.05) is 13.3 Å². The fraction of sp³-hybridized carbons (Fsp3) is 0.680. The topological polar surface area (TPSA) is 129 Å². The number of nitrogens with one attached hydrogen (secondary N) is 1. The predicted octanol–water partition coefficient (Wildman–Crippen LogP) is 0.743. The van der Waals surface area contributed by atoms with Crippen molar-refractivity contribution in [1.29, 1.82) is 0 Å². The van der Waals surface area contributed by atoms with Crippen LogP contribution in [0.25, 0.3) is 10.9 Å². The van der Waals surface area contributed by atoms with Crippen LogP contribution < -0.4 is 4.74 Å². The molecule has 33 heavy (non-hydrogen) atoms. The van der Waals surface area contributed by atoms with Crippen molar-refractivity contribution in [3.8, 4) is 5.75 Å². The largest absolute Gasteiger partial charge is 0.491 e. The van der Waals surface area contributed by atoms with Gasteiger partial charge in [-0.05, 0) is 54.9 Å². The third-order valence-corrected chi connectivity index (χ3v) is 8.23. The van der Waals surface area contributed by atoms with E-state index in [2.05, 4.69) is 16.8 Å². The molecule has 2 unspecified atom stereocenters. The van der Waals surface area contributed by atoms with Gasteiger partial charge in [0.2, 0.25) is 0 Å². The number of benzene rings is 1. The standard InChI is InChI=1S/C25H36N2O6/c1-2-14-7-13-8-18-22-16(5-6-27(10-13)23(14)18)17-9-15(3-4-19(17)26-22)33-12-21(30)25(32)24(31)20(29)11-28/h3-4,9,13-14,18,20-21,23-26,28-32H,2,5-8,10-12H2,1H3/t13-,14-,18-,20+,21-,23?,24+,25+/m0/s1. The summed E-state index contributed by atoms with van der Waals surface area (Å²) < 4.78 is 5.73. The van der Waals surface area contributed by atoms with E-state index in [0.29, 0.717) is 17.7 Å². The molecule has 4 heterocycles. The average molecular weight is 461 g/mol. The van der Waals surface area contributed by atoms with E-state index in [1.54, 1.807) is 0 Å². The van der Waals surface area contributed by atoms with Crippen LogP contribution in [-0.4, -0.2) is 92.2 Å². The predicted molar refractivity (Wildman–Crippen MR) is 123 cm³/mol. The Morgan fingerprint density at radius 1 is 1.12 bits per heavy atom. The van der Waals surface area contributed by atoms with Gasteiger partial charge in [-0.3, -0.25) is 4.90 Å². The highest BCUT2D eigenvalue weighted by Crippen LogP contribution is 2.51. The van der Waals surface area contributed by atoms with Crippen LogP contribution in [0.15, 0.2) is 18.2 Å². The molecule has 0 amide bonds. The molecule has 4 bridgehead atoms. The lowest BCUT2D eigenvalue weighted by Gasteiger charge is -2.53. The van der Waals surface area contributed by atoms with Gasteiger partial charge in [0.1, 0.15) is 36.8 Å². The van der Waals surface area contributed by atoms with Gasteiger partial charge in [0.15, 0.2) is 0 Å². The van der Waals surface area contributed by atoms with E-state index in [4.69, 9.17) is 9.84 Å². The molecule has 0 spiro atoms. The van der Waals surface area contributed by atoms with E-state index in [-0.39, 0.29) is 6.61 Å². The summed E-state index contributed by atoms with van der Waals surface area (Å²) in [4.78, 5) is 6.45. The lowest BCUT2D eigenvalue weighted by atomic mass is 9.65. The second-order valence-corrected chi connectivity index (χ2v) is 10.2. The maximum Gasteiger partial charge on any atom is 0.120 e. The van der Waals surface area contributed by atoms with E-state index in [1.807, 2.05) is 18.2 Å². The molecule has 2 saturated heterocycles. The molecule has 0 radical (unpaired) electrons. The highest BCUT2D eigenvalue weighted by atomic mass is 16.5. The molecule has 3 fully saturated rings. The van der Waals surface area contributed by atoms with E-state index in [0.717, 1.165) is 35.7 Å². The molecule has 3 aliphatic heterocycles. The van der Waals surface area contributed by atoms with Gasteiger partial charge >= 0.3 is 0 Å². The zero-order chi connectivity index (χ0) is 23.3. The quantitative estimate of drug-likeness (QED) is 0.343. The first-order valence-electron chi connectivity index (χ1n) is 12.3. The zero-order valence-electron chi connectivity index (χ0n) is 19.1. The molecule has 9 atom stereocenters. The molecule has 1 aromatic carbocycles. The Balaban J connectivity index is 1.35. The van der Waals surface area contributed by atoms with Crippen LogP contribution >= 0.6 is 0 Å². The van der Waals surface area contributed by atoms with Crippen LogP contribution in [0.3, 0.4) is 0 Å². The number of H-pyrrole nitrogens is 1. The maximum absolute atomic E-state index is 10.2. The third kappa shape index (κ3) is 4.07. The number of aliphatic hydroxyl groups excluding tert-OH is 5. The Bertz CT molecular complexity index is 979. The fourth-order valence-corrected chi connectivity index (χ4v) is 6.61. The number of aromatic amines is 1. The van der Waals surface area contributed by atoms with Crippen molar-refractivity contribution in [3.63, 3.8) is 0 Å². The number of nitrogens with zero attached hydrogens (tertiary/aromatic N) is 1. The summed E-state index contributed by atoms with van der Waals surface area (Å²) in [7, 11) is 0. The third-order valence-electron chi connectivity index (χ3n) is 8.23. The lowest BCUT2D eigenvalue weighted by Crippen LogP contribution is -2.56. The van der Waals surface area contributed by atoms with Crippen molar-refractivity contribution in [3.05, 3.63) is 29.5 Å². The van der Waals surface area contributed by atoms with Crippen molar-refractivity contribution >= 4 is 10.9 Å². The number of rotatable bonds is 8.